The summed E-state index contributed by atoms with van der Waals surface area (Å²) in [6.45, 7) is 0.543. The Morgan fingerprint density at radius 3 is 2.71 bits per heavy atom. The molecule has 2 N–H and O–H groups in total. The molecule has 0 unspecified atom stereocenters. The molecule has 1 aromatic carbocycles. The lowest BCUT2D eigenvalue weighted by Crippen LogP contribution is -2.27. The van der Waals surface area contributed by atoms with Crippen molar-refractivity contribution in [2.24, 2.45) is 5.92 Å². The van der Waals surface area contributed by atoms with E-state index in [1.807, 2.05) is 18.2 Å². The minimum atomic E-state index is -0.278. The van der Waals surface area contributed by atoms with Crippen molar-refractivity contribution in [3.05, 3.63) is 39.7 Å². The summed E-state index contributed by atoms with van der Waals surface area (Å²) in [5.74, 6) is 1.08. The van der Waals surface area contributed by atoms with Crippen LogP contribution in [0.2, 0.25) is 4.34 Å². The van der Waals surface area contributed by atoms with Crippen molar-refractivity contribution in [2.45, 2.75) is 38.6 Å². The summed E-state index contributed by atoms with van der Waals surface area (Å²) < 4.78 is 11.1. The summed E-state index contributed by atoms with van der Waals surface area (Å²) >= 11 is 7.33. The third kappa shape index (κ3) is 4.25. The van der Waals surface area contributed by atoms with Crippen molar-refractivity contribution < 1.29 is 19.1 Å². The van der Waals surface area contributed by atoms with Crippen LogP contribution in [-0.2, 0) is 11.3 Å². The Labute approximate surface area is 172 Å². The third-order valence-corrected chi connectivity index (χ3v) is 6.23. The topological polar surface area (TPSA) is 76.7 Å². The van der Waals surface area contributed by atoms with E-state index in [0.29, 0.717) is 32.9 Å². The fraction of sp³-hybridized carbons (Fsp3) is 0.400. The summed E-state index contributed by atoms with van der Waals surface area (Å²) in [4.78, 5) is 25.2. The first kappa shape index (κ1) is 19.1. The van der Waals surface area contributed by atoms with Crippen LogP contribution in [0.25, 0.3) is 0 Å². The van der Waals surface area contributed by atoms with Gasteiger partial charge in [-0.2, -0.15) is 0 Å². The molecule has 8 heteroatoms. The molecule has 2 aliphatic rings. The molecule has 1 saturated carbocycles. The molecule has 2 amide bonds. The summed E-state index contributed by atoms with van der Waals surface area (Å²) in [5, 5.41) is 6.29. The molecular formula is C20H21ClN2O4S. The number of carbonyl (C=O) groups excluding carboxylic acids is 2. The van der Waals surface area contributed by atoms with Gasteiger partial charge in [-0.25, -0.2) is 0 Å². The van der Waals surface area contributed by atoms with Gasteiger partial charge in [0.25, 0.3) is 5.91 Å². The molecule has 1 fully saturated rings. The van der Waals surface area contributed by atoms with Gasteiger partial charge in [-0.3, -0.25) is 9.59 Å². The van der Waals surface area contributed by atoms with Gasteiger partial charge in [0.15, 0.2) is 11.5 Å². The first-order valence-electron chi connectivity index (χ1n) is 9.37. The zero-order valence-electron chi connectivity index (χ0n) is 15.3. The molecule has 0 radical (unpaired) electrons. The molecule has 1 aliphatic carbocycles. The van der Waals surface area contributed by atoms with Crippen LogP contribution in [0.4, 0.5) is 5.00 Å². The summed E-state index contributed by atoms with van der Waals surface area (Å²) in [6.07, 6.45) is 5.13. The number of hydrogen-bond acceptors (Lipinski definition) is 5. The molecule has 2 heterocycles. The lowest BCUT2D eigenvalue weighted by molar-refractivity contribution is -0.120. The number of thiophene rings is 1. The van der Waals surface area contributed by atoms with Gasteiger partial charge in [0.2, 0.25) is 12.7 Å². The van der Waals surface area contributed by atoms with Crippen LogP contribution in [0.1, 0.15) is 48.0 Å². The van der Waals surface area contributed by atoms with Crippen LogP contribution < -0.4 is 20.1 Å². The maximum Gasteiger partial charge on any atom is 0.254 e. The van der Waals surface area contributed by atoms with E-state index < -0.39 is 0 Å². The first-order chi connectivity index (χ1) is 13.6. The molecular weight excluding hydrogens is 400 g/mol. The summed E-state index contributed by atoms with van der Waals surface area (Å²) in [7, 11) is 0. The number of carbonyl (C=O) groups is 2. The van der Waals surface area contributed by atoms with Gasteiger partial charge < -0.3 is 20.1 Å². The van der Waals surface area contributed by atoms with Crippen molar-refractivity contribution in [1.29, 1.82) is 0 Å². The van der Waals surface area contributed by atoms with Gasteiger partial charge >= 0.3 is 0 Å². The first-order valence-corrected chi connectivity index (χ1v) is 10.6. The zero-order valence-corrected chi connectivity index (χ0v) is 16.8. The van der Waals surface area contributed by atoms with Gasteiger partial charge in [0.05, 0.1) is 9.90 Å². The molecule has 0 spiro atoms. The highest BCUT2D eigenvalue weighted by molar-refractivity contribution is 7.20. The zero-order chi connectivity index (χ0) is 19.5. The van der Waals surface area contributed by atoms with Gasteiger partial charge in [-0.15, -0.1) is 11.3 Å². The molecule has 6 nitrogen and oxygen atoms in total. The summed E-state index contributed by atoms with van der Waals surface area (Å²) in [6, 6.07) is 7.13. The highest BCUT2D eigenvalue weighted by atomic mass is 35.5. The number of hydrogen-bond donors (Lipinski definition) is 2. The highest BCUT2D eigenvalue weighted by Crippen LogP contribution is 2.34. The number of benzene rings is 1. The molecule has 2 aromatic rings. The second kappa shape index (κ2) is 8.41. The molecule has 28 heavy (non-hydrogen) atoms. The van der Waals surface area contributed by atoms with Crippen LogP contribution in [0.3, 0.4) is 0 Å². The van der Waals surface area contributed by atoms with Gasteiger partial charge in [-0.05, 0) is 36.6 Å². The molecule has 1 aliphatic heterocycles. The normalized spacial score (nSPS) is 16.0. The molecule has 4 rings (SSSR count). The molecule has 0 atom stereocenters. The van der Waals surface area contributed by atoms with Crippen LogP contribution >= 0.6 is 22.9 Å². The number of fused-ring (bicyclic) bond motifs is 1. The van der Waals surface area contributed by atoms with Crippen molar-refractivity contribution in [3.8, 4) is 11.5 Å². The van der Waals surface area contributed by atoms with Crippen LogP contribution in [-0.4, -0.2) is 18.6 Å². The monoisotopic (exact) mass is 420 g/mol. The lowest BCUT2D eigenvalue weighted by atomic mass is 9.89. The largest absolute Gasteiger partial charge is 0.454 e. The predicted molar refractivity (Wildman–Crippen MR) is 108 cm³/mol. The van der Waals surface area contributed by atoms with E-state index in [4.69, 9.17) is 21.1 Å². The van der Waals surface area contributed by atoms with E-state index in [1.165, 1.54) is 17.8 Å². The van der Waals surface area contributed by atoms with Crippen LogP contribution in [0, 0.1) is 5.92 Å². The lowest BCUT2D eigenvalue weighted by Gasteiger charge is -2.20. The number of nitrogens with one attached hydrogen (secondary N) is 2. The number of anilines is 1. The Hall–Kier alpha value is -2.25. The maximum atomic E-state index is 12.7. The Morgan fingerprint density at radius 2 is 1.89 bits per heavy atom. The average Bonchev–Trinajstić information content (AvgIpc) is 3.32. The Balaban J connectivity index is 1.40. The van der Waals surface area contributed by atoms with E-state index in [9.17, 15) is 9.59 Å². The van der Waals surface area contributed by atoms with Crippen molar-refractivity contribution >= 4 is 39.8 Å². The minimum Gasteiger partial charge on any atom is -0.454 e. The average molecular weight is 421 g/mol. The Bertz CT molecular complexity index is 892. The fourth-order valence-corrected chi connectivity index (χ4v) is 4.66. The second-order valence-corrected chi connectivity index (χ2v) is 8.67. The smallest absolute Gasteiger partial charge is 0.254 e. The standard InChI is InChI=1S/C20H21ClN2O4S/c21-17-9-14(20(28-17)23-18(24)13-4-2-1-3-5-13)19(25)22-10-12-6-7-15-16(8-12)27-11-26-15/h6-9,13H,1-5,10-11H2,(H,22,25)(H,23,24). The van der Waals surface area contributed by atoms with E-state index in [1.54, 1.807) is 6.07 Å². The quantitative estimate of drug-likeness (QED) is 0.742. The van der Waals surface area contributed by atoms with Gasteiger partial charge in [-0.1, -0.05) is 36.9 Å². The number of amides is 2. The molecule has 0 saturated heterocycles. The number of rotatable bonds is 5. The van der Waals surface area contributed by atoms with Crippen molar-refractivity contribution in [1.82, 2.24) is 5.32 Å². The fourth-order valence-electron chi connectivity index (χ4n) is 3.53. The Kier molecular flexibility index (Phi) is 5.73. The van der Waals surface area contributed by atoms with Crippen LogP contribution in [0.5, 0.6) is 11.5 Å². The summed E-state index contributed by atoms with van der Waals surface area (Å²) in [5.41, 5.74) is 1.28. The van der Waals surface area contributed by atoms with Gasteiger partial charge in [0, 0.05) is 12.5 Å². The van der Waals surface area contributed by atoms with E-state index in [-0.39, 0.29) is 24.5 Å². The van der Waals surface area contributed by atoms with Gasteiger partial charge in [0.1, 0.15) is 5.00 Å². The third-order valence-electron chi connectivity index (χ3n) is 5.05. The van der Waals surface area contributed by atoms with E-state index in [0.717, 1.165) is 31.2 Å². The molecule has 1 aromatic heterocycles. The number of ether oxygens (including phenoxy) is 2. The Morgan fingerprint density at radius 1 is 1.11 bits per heavy atom. The maximum absolute atomic E-state index is 12.7. The molecule has 148 valence electrons. The number of halogens is 1. The van der Waals surface area contributed by atoms with Crippen molar-refractivity contribution in [2.75, 3.05) is 12.1 Å². The molecule has 0 bridgehead atoms. The van der Waals surface area contributed by atoms with Crippen molar-refractivity contribution in [3.63, 3.8) is 0 Å². The van der Waals surface area contributed by atoms with Crippen LogP contribution in [0.15, 0.2) is 24.3 Å². The SMILES string of the molecule is O=C(NCc1ccc2c(c1)OCO2)c1cc(Cl)sc1NC(=O)C1CCCCC1. The highest BCUT2D eigenvalue weighted by Gasteiger charge is 2.24. The van der Waals surface area contributed by atoms with E-state index >= 15 is 0 Å². The predicted octanol–water partition coefficient (Wildman–Crippen LogP) is 4.58. The minimum absolute atomic E-state index is 0.0131. The second-order valence-electron chi connectivity index (χ2n) is 6.99. The van der Waals surface area contributed by atoms with E-state index in [2.05, 4.69) is 10.6 Å².